The van der Waals surface area contributed by atoms with Crippen LogP contribution in [-0.4, -0.2) is 23.3 Å². The molecule has 0 spiro atoms. The molecule has 3 nitrogen and oxygen atoms in total. The second-order valence-corrected chi connectivity index (χ2v) is 4.46. The van der Waals surface area contributed by atoms with E-state index in [1.807, 2.05) is 45.5 Å². The third-order valence-corrected chi connectivity index (χ3v) is 3.18. The number of aromatic nitrogens is 2. The minimum Gasteiger partial charge on any atom is -0.385 e. The maximum Gasteiger partial charge on any atom is 0.187 e. The molecule has 1 aromatic carbocycles. The maximum absolute atomic E-state index is 4.58. The lowest BCUT2D eigenvalue weighted by Crippen LogP contribution is -1.99. The molecular weight excluding hydrogens is 254 g/mol. The van der Waals surface area contributed by atoms with Crippen LogP contribution in [0.3, 0.4) is 0 Å². The maximum atomic E-state index is 4.58. The van der Waals surface area contributed by atoms with Crippen LogP contribution in [0.4, 0.5) is 5.69 Å². The number of nitrogens with zero attached hydrogens (tertiary/aromatic N) is 2. The van der Waals surface area contributed by atoms with Crippen LogP contribution >= 0.6 is 11.8 Å². The average Bonchev–Trinajstić information content (AvgIpc) is 2.49. The summed E-state index contributed by atoms with van der Waals surface area (Å²) in [4.78, 5) is 8.86. The number of aryl methyl sites for hydroxylation is 1. The van der Waals surface area contributed by atoms with Crippen molar-refractivity contribution in [2.75, 3.05) is 18.6 Å². The molecular formula is C15H21N3S. The largest absolute Gasteiger partial charge is 0.385 e. The molecule has 4 heteroatoms. The SMILES string of the molecule is CC.CNc1cnc(SC)nc1-c1ccccc1C. The molecule has 0 radical (unpaired) electrons. The molecule has 2 aromatic rings. The van der Waals surface area contributed by atoms with E-state index < -0.39 is 0 Å². The van der Waals surface area contributed by atoms with Gasteiger partial charge in [-0.15, -0.1) is 0 Å². The smallest absolute Gasteiger partial charge is 0.187 e. The molecule has 0 aliphatic rings. The molecule has 1 heterocycles. The summed E-state index contributed by atoms with van der Waals surface area (Å²) < 4.78 is 0. The average molecular weight is 275 g/mol. The molecule has 19 heavy (non-hydrogen) atoms. The first-order chi connectivity index (χ1) is 9.26. The summed E-state index contributed by atoms with van der Waals surface area (Å²) in [5, 5.41) is 3.93. The van der Waals surface area contributed by atoms with E-state index in [0.29, 0.717) is 0 Å². The number of benzene rings is 1. The Kier molecular flexibility index (Phi) is 6.36. The van der Waals surface area contributed by atoms with Crippen molar-refractivity contribution < 1.29 is 0 Å². The van der Waals surface area contributed by atoms with Crippen molar-refractivity contribution in [1.82, 2.24) is 9.97 Å². The molecule has 0 aliphatic heterocycles. The Bertz CT molecular complexity index is 527. The Labute approximate surface area is 119 Å². The van der Waals surface area contributed by atoms with Crippen molar-refractivity contribution in [1.29, 1.82) is 0 Å². The second kappa shape index (κ2) is 7.79. The summed E-state index contributed by atoms with van der Waals surface area (Å²) >= 11 is 1.55. The topological polar surface area (TPSA) is 37.8 Å². The number of rotatable bonds is 3. The molecule has 0 saturated carbocycles. The zero-order valence-corrected chi connectivity index (χ0v) is 13.0. The molecule has 0 atom stereocenters. The molecule has 0 aliphatic carbocycles. The Hall–Kier alpha value is -1.55. The van der Waals surface area contributed by atoms with Crippen molar-refractivity contribution in [2.45, 2.75) is 25.9 Å². The summed E-state index contributed by atoms with van der Waals surface area (Å²) in [5.74, 6) is 0. The van der Waals surface area contributed by atoms with Crippen LogP contribution in [-0.2, 0) is 0 Å². The van der Waals surface area contributed by atoms with Gasteiger partial charge in [0.2, 0.25) is 0 Å². The highest BCUT2D eigenvalue weighted by Gasteiger charge is 2.09. The van der Waals surface area contributed by atoms with E-state index in [0.717, 1.165) is 22.1 Å². The van der Waals surface area contributed by atoms with Crippen LogP contribution < -0.4 is 5.32 Å². The molecule has 0 unspecified atom stereocenters. The van der Waals surface area contributed by atoms with Gasteiger partial charge in [0.25, 0.3) is 0 Å². The lowest BCUT2D eigenvalue weighted by molar-refractivity contribution is 0.976. The van der Waals surface area contributed by atoms with Gasteiger partial charge < -0.3 is 5.32 Å². The summed E-state index contributed by atoms with van der Waals surface area (Å²) in [6, 6.07) is 8.25. The van der Waals surface area contributed by atoms with E-state index in [1.165, 1.54) is 5.56 Å². The van der Waals surface area contributed by atoms with Crippen LogP contribution in [0.2, 0.25) is 0 Å². The quantitative estimate of drug-likeness (QED) is 0.671. The zero-order valence-electron chi connectivity index (χ0n) is 12.2. The molecule has 2 rings (SSSR count). The van der Waals surface area contributed by atoms with Gasteiger partial charge in [-0.25, -0.2) is 9.97 Å². The predicted molar refractivity (Wildman–Crippen MR) is 84.9 cm³/mol. The third-order valence-electron chi connectivity index (χ3n) is 2.62. The summed E-state index contributed by atoms with van der Waals surface area (Å²) in [5.41, 5.74) is 4.28. The van der Waals surface area contributed by atoms with E-state index >= 15 is 0 Å². The van der Waals surface area contributed by atoms with Crippen LogP contribution in [0.15, 0.2) is 35.6 Å². The van der Waals surface area contributed by atoms with Gasteiger partial charge in [0.15, 0.2) is 5.16 Å². The normalized spacial score (nSPS) is 9.53. The lowest BCUT2D eigenvalue weighted by atomic mass is 10.0. The number of thioether (sulfide) groups is 1. The minimum atomic E-state index is 0.794. The van der Waals surface area contributed by atoms with Crippen molar-refractivity contribution in [3.8, 4) is 11.3 Å². The Morgan fingerprint density at radius 3 is 2.42 bits per heavy atom. The van der Waals surface area contributed by atoms with Crippen molar-refractivity contribution in [2.24, 2.45) is 0 Å². The highest BCUT2D eigenvalue weighted by molar-refractivity contribution is 7.98. The summed E-state index contributed by atoms with van der Waals surface area (Å²) in [6.45, 7) is 6.09. The molecule has 1 N–H and O–H groups in total. The highest BCUT2D eigenvalue weighted by atomic mass is 32.2. The molecule has 0 bridgehead atoms. The van der Waals surface area contributed by atoms with Crippen molar-refractivity contribution >= 4 is 17.4 Å². The van der Waals surface area contributed by atoms with Gasteiger partial charge in [0, 0.05) is 12.6 Å². The minimum absolute atomic E-state index is 0.794. The fourth-order valence-electron chi connectivity index (χ4n) is 1.69. The van der Waals surface area contributed by atoms with Crippen LogP contribution in [0, 0.1) is 6.92 Å². The molecule has 0 saturated heterocycles. The van der Waals surface area contributed by atoms with Gasteiger partial charge >= 0.3 is 0 Å². The molecule has 1 aromatic heterocycles. The lowest BCUT2D eigenvalue weighted by Gasteiger charge is -2.11. The monoisotopic (exact) mass is 275 g/mol. The first-order valence-electron chi connectivity index (χ1n) is 6.41. The predicted octanol–water partition coefficient (Wildman–Crippen LogP) is 4.24. The van der Waals surface area contributed by atoms with Gasteiger partial charge in [-0.1, -0.05) is 49.9 Å². The van der Waals surface area contributed by atoms with Crippen molar-refractivity contribution in [3.63, 3.8) is 0 Å². The first kappa shape index (κ1) is 15.5. The number of hydrogen-bond donors (Lipinski definition) is 1. The van der Waals surface area contributed by atoms with E-state index in [1.54, 1.807) is 11.8 Å². The third kappa shape index (κ3) is 3.70. The van der Waals surface area contributed by atoms with Gasteiger partial charge in [0.1, 0.15) is 0 Å². The molecule has 0 fully saturated rings. The summed E-state index contributed by atoms with van der Waals surface area (Å²) in [7, 11) is 1.89. The second-order valence-electron chi connectivity index (χ2n) is 3.68. The van der Waals surface area contributed by atoms with Gasteiger partial charge in [-0.3, -0.25) is 0 Å². The van der Waals surface area contributed by atoms with E-state index in [9.17, 15) is 0 Å². The van der Waals surface area contributed by atoms with Crippen LogP contribution in [0.1, 0.15) is 19.4 Å². The Morgan fingerprint density at radius 1 is 1.16 bits per heavy atom. The highest BCUT2D eigenvalue weighted by Crippen LogP contribution is 2.29. The summed E-state index contributed by atoms with van der Waals surface area (Å²) in [6.07, 6.45) is 3.82. The van der Waals surface area contributed by atoms with E-state index in [4.69, 9.17) is 0 Å². The van der Waals surface area contributed by atoms with Gasteiger partial charge in [0.05, 0.1) is 17.6 Å². The van der Waals surface area contributed by atoms with E-state index in [2.05, 4.69) is 34.3 Å². The van der Waals surface area contributed by atoms with Crippen LogP contribution in [0.25, 0.3) is 11.3 Å². The number of hydrogen-bond acceptors (Lipinski definition) is 4. The van der Waals surface area contributed by atoms with Crippen LogP contribution in [0.5, 0.6) is 0 Å². The zero-order chi connectivity index (χ0) is 14.3. The number of anilines is 1. The van der Waals surface area contributed by atoms with Gasteiger partial charge in [-0.05, 0) is 18.7 Å². The fraction of sp³-hybridized carbons (Fsp3) is 0.333. The van der Waals surface area contributed by atoms with Crippen molar-refractivity contribution in [3.05, 3.63) is 36.0 Å². The molecule has 0 amide bonds. The molecule has 102 valence electrons. The van der Waals surface area contributed by atoms with Gasteiger partial charge in [-0.2, -0.15) is 0 Å². The fourth-order valence-corrected chi connectivity index (χ4v) is 2.03. The van der Waals surface area contributed by atoms with E-state index in [-0.39, 0.29) is 0 Å². The Balaban J connectivity index is 0.000000861. The standard InChI is InChI=1S/C13H15N3S.C2H6/c1-9-6-4-5-7-10(9)12-11(14-2)8-15-13(16-12)17-3;1-2/h4-8,14H,1-3H3;1-2H3. The first-order valence-corrected chi connectivity index (χ1v) is 7.63. The Morgan fingerprint density at radius 2 is 1.84 bits per heavy atom. The number of nitrogens with one attached hydrogen (secondary N) is 1.